The molecule has 0 aliphatic heterocycles. The van der Waals surface area contributed by atoms with Gasteiger partial charge in [-0.15, -0.1) is 0 Å². The molecule has 4 unspecified atom stereocenters. The van der Waals surface area contributed by atoms with Crippen molar-refractivity contribution in [3.05, 3.63) is 71.8 Å². The molecule has 0 bridgehead atoms. The lowest BCUT2D eigenvalue weighted by atomic mass is 9.43. The van der Waals surface area contributed by atoms with E-state index in [1.807, 2.05) is 36.4 Å². The molecule has 4 nitrogen and oxygen atoms in total. The molecule has 6 rings (SSSR count). The van der Waals surface area contributed by atoms with Crippen LogP contribution in [-0.4, -0.2) is 24.1 Å². The number of esters is 2. The summed E-state index contributed by atoms with van der Waals surface area (Å²) < 4.78 is 11.9. The molecule has 148 valence electrons. The molecule has 4 saturated carbocycles. The van der Waals surface area contributed by atoms with Crippen LogP contribution in [0.1, 0.15) is 52.8 Å². The first-order valence-electron chi connectivity index (χ1n) is 10.7. The zero-order valence-electron chi connectivity index (χ0n) is 16.3. The summed E-state index contributed by atoms with van der Waals surface area (Å²) in [6, 6.07) is 18.1. The van der Waals surface area contributed by atoms with E-state index in [1.165, 1.54) is 19.3 Å². The lowest BCUT2D eigenvalue weighted by molar-refractivity contribution is -0.180. The predicted octanol–water partition coefficient (Wildman–Crippen LogP) is 4.65. The number of carbonyl (C=O) groups is 2. The second-order valence-corrected chi connectivity index (χ2v) is 9.29. The Morgan fingerprint density at radius 3 is 1.48 bits per heavy atom. The van der Waals surface area contributed by atoms with Gasteiger partial charge in [0, 0.05) is 0 Å². The van der Waals surface area contributed by atoms with E-state index in [0.717, 1.165) is 12.8 Å². The van der Waals surface area contributed by atoms with Gasteiger partial charge in [-0.2, -0.15) is 0 Å². The normalized spacial score (nSPS) is 38.2. The van der Waals surface area contributed by atoms with Crippen LogP contribution in [0, 0.1) is 22.7 Å². The molecular weight excluding hydrogens is 364 g/mol. The molecule has 2 aromatic carbocycles. The molecular formula is C25H24O4. The van der Waals surface area contributed by atoms with E-state index in [1.54, 1.807) is 24.3 Å². The van der Waals surface area contributed by atoms with E-state index < -0.39 is 0 Å². The monoisotopic (exact) mass is 388 g/mol. The van der Waals surface area contributed by atoms with Gasteiger partial charge in [0.1, 0.15) is 12.2 Å². The summed E-state index contributed by atoms with van der Waals surface area (Å²) in [6.07, 6.45) is 4.86. The summed E-state index contributed by atoms with van der Waals surface area (Å²) in [5.74, 6) is 0.581. The van der Waals surface area contributed by atoms with Crippen molar-refractivity contribution >= 4 is 11.9 Å². The van der Waals surface area contributed by atoms with Crippen molar-refractivity contribution in [3.63, 3.8) is 0 Å². The molecule has 0 heterocycles. The summed E-state index contributed by atoms with van der Waals surface area (Å²) in [6.45, 7) is 0. The van der Waals surface area contributed by atoms with E-state index in [-0.39, 0.29) is 24.1 Å². The molecule has 4 fully saturated rings. The summed E-state index contributed by atoms with van der Waals surface area (Å²) in [5, 5.41) is 0. The van der Waals surface area contributed by atoms with Crippen molar-refractivity contribution in [1.82, 2.24) is 0 Å². The van der Waals surface area contributed by atoms with E-state index in [2.05, 4.69) is 0 Å². The minimum Gasteiger partial charge on any atom is -0.455 e. The third kappa shape index (κ3) is 2.32. The van der Waals surface area contributed by atoms with Gasteiger partial charge in [0.05, 0.1) is 11.1 Å². The highest BCUT2D eigenvalue weighted by atomic mass is 16.6. The fourth-order valence-corrected chi connectivity index (χ4v) is 6.90. The summed E-state index contributed by atoms with van der Waals surface area (Å²) in [4.78, 5) is 25.4. The van der Waals surface area contributed by atoms with Crippen LogP contribution in [-0.2, 0) is 9.47 Å². The largest absolute Gasteiger partial charge is 0.455 e. The molecule has 2 aromatic rings. The molecule has 0 spiro atoms. The minimum atomic E-state index is -0.370. The Morgan fingerprint density at radius 2 is 1.10 bits per heavy atom. The number of benzene rings is 2. The van der Waals surface area contributed by atoms with Gasteiger partial charge in [0.25, 0.3) is 0 Å². The summed E-state index contributed by atoms with van der Waals surface area (Å²) in [7, 11) is 0. The molecule has 0 radical (unpaired) electrons. The van der Waals surface area contributed by atoms with Crippen molar-refractivity contribution in [2.24, 2.45) is 22.7 Å². The zero-order chi connectivity index (χ0) is 19.6. The fourth-order valence-electron chi connectivity index (χ4n) is 6.90. The number of hydrogen-bond donors (Lipinski definition) is 0. The molecule has 0 aromatic heterocycles. The highest BCUT2D eigenvalue weighted by Gasteiger charge is 2.88. The van der Waals surface area contributed by atoms with E-state index in [0.29, 0.717) is 33.8 Å². The van der Waals surface area contributed by atoms with Gasteiger partial charge >= 0.3 is 11.9 Å². The molecule has 0 amide bonds. The smallest absolute Gasteiger partial charge is 0.338 e. The maximum absolute atomic E-state index is 12.7. The number of carbonyl (C=O) groups excluding carboxylic acids is 2. The van der Waals surface area contributed by atoms with Crippen LogP contribution >= 0.6 is 0 Å². The summed E-state index contributed by atoms with van der Waals surface area (Å²) in [5.41, 5.74) is 2.14. The van der Waals surface area contributed by atoms with Gasteiger partial charge in [-0.25, -0.2) is 9.59 Å². The van der Waals surface area contributed by atoms with Gasteiger partial charge in [0.15, 0.2) is 0 Å². The van der Waals surface area contributed by atoms with Crippen LogP contribution in [0.2, 0.25) is 0 Å². The molecule has 4 heteroatoms. The Labute approximate surface area is 170 Å². The Bertz CT molecular complexity index is 891. The van der Waals surface area contributed by atoms with Gasteiger partial charge in [-0.1, -0.05) is 36.4 Å². The van der Waals surface area contributed by atoms with Gasteiger partial charge in [-0.3, -0.25) is 0 Å². The van der Waals surface area contributed by atoms with E-state index in [4.69, 9.17) is 9.47 Å². The Hall–Kier alpha value is -2.62. The first kappa shape index (κ1) is 17.3. The molecule has 0 N–H and O–H groups in total. The second kappa shape index (κ2) is 5.94. The van der Waals surface area contributed by atoms with E-state index >= 15 is 0 Å². The lowest BCUT2D eigenvalue weighted by Gasteiger charge is -2.62. The highest BCUT2D eigenvalue weighted by molar-refractivity contribution is 5.90. The van der Waals surface area contributed by atoms with Crippen LogP contribution in [0.3, 0.4) is 0 Å². The van der Waals surface area contributed by atoms with Crippen molar-refractivity contribution < 1.29 is 19.1 Å². The number of ether oxygens (including phenoxy) is 2. The van der Waals surface area contributed by atoms with Gasteiger partial charge < -0.3 is 9.47 Å². The molecule has 6 atom stereocenters. The average molecular weight is 388 g/mol. The van der Waals surface area contributed by atoms with Crippen LogP contribution in [0.15, 0.2) is 60.7 Å². The third-order valence-corrected chi connectivity index (χ3v) is 8.34. The standard InChI is InChI=1S/C25H24O4/c26-22(16-7-3-1-4-8-16)28-20-13-18-19(25-12-11-24(18,25)15-25)14-21(20)29-23(27)17-9-5-2-6-10-17/h1-10,18-21H,11-15H2/t18?,19?,20-,21-,24?,25?/m0/s1. The van der Waals surface area contributed by atoms with Crippen LogP contribution in [0.5, 0.6) is 0 Å². The van der Waals surface area contributed by atoms with Gasteiger partial charge in [-0.05, 0) is 79.0 Å². The van der Waals surface area contributed by atoms with Crippen LogP contribution in [0.4, 0.5) is 0 Å². The topological polar surface area (TPSA) is 52.6 Å². The third-order valence-electron chi connectivity index (χ3n) is 8.34. The molecule has 0 saturated heterocycles. The Morgan fingerprint density at radius 1 is 0.690 bits per heavy atom. The maximum atomic E-state index is 12.7. The van der Waals surface area contributed by atoms with E-state index in [9.17, 15) is 9.59 Å². The van der Waals surface area contributed by atoms with Crippen LogP contribution in [0.25, 0.3) is 0 Å². The first-order chi connectivity index (χ1) is 14.1. The highest BCUT2D eigenvalue weighted by Crippen LogP contribution is 2.95. The number of rotatable bonds is 4. The van der Waals surface area contributed by atoms with Crippen molar-refractivity contribution in [1.29, 1.82) is 0 Å². The summed E-state index contributed by atoms with van der Waals surface area (Å²) >= 11 is 0. The molecule has 29 heavy (non-hydrogen) atoms. The molecule has 4 aliphatic carbocycles. The zero-order valence-corrected chi connectivity index (χ0v) is 16.3. The van der Waals surface area contributed by atoms with Gasteiger partial charge in [0.2, 0.25) is 0 Å². The number of fused-ring (bicyclic) bond motifs is 1. The Balaban J connectivity index is 1.23. The first-order valence-corrected chi connectivity index (χ1v) is 10.7. The van der Waals surface area contributed by atoms with Crippen molar-refractivity contribution in [2.45, 2.75) is 44.3 Å². The molecule has 4 aliphatic rings. The van der Waals surface area contributed by atoms with Crippen molar-refractivity contribution in [3.8, 4) is 0 Å². The quantitative estimate of drug-likeness (QED) is 0.716. The number of hydrogen-bond acceptors (Lipinski definition) is 4. The average Bonchev–Trinajstić information content (AvgIpc) is 3.08. The van der Waals surface area contributed by atoms with Crippen LogP contribution < -0.4 is 0 Å². The Kier molecular flexibility index (Phi) is 3.54. The predicted molar refractivity (Wildman–Crippen MR) is 106 cm³/mol. The van der Waals surface area contributed by atoms with Crippen molar-refractivity contribution in [2.75, 3.05) is 0 Å². The second-order valence-electron chi connectivity index (χ2n) is 9.29. The maximum Gasteiger partial charge on any atom is 0.338 e. The minimum absolute atomic E-state index is 0.331. The fraction of sp³-hybridized carbons (Fsp3) is 0.440. The lowest BCUT2D eigenvalue weighted by Crippen LogP contribution is -2.60. The SMILES string of the molecule is O=C(O[C@H]1CC2C(C[C@@H]1OC(=O)c1ccccc1)C13CCC21C3)c1ccccc1.